The molecule has 0 radical (unpaired) electrons. The van der Waals surface area contributed by atoms with E-state index in [-0.39, 0.29) is 23.9 Å². The van der Waals surface area contributed by atoms with E-state index >= 15 is 0 Å². The van der Waals surface area contributed by atoms with E-state index in [1.165, 1.54) is 4.57 Å². The Morgan fingerprint density at radius 2 is 2.07 bits per heavy atom. The second-order valence-corrected chi connectivity index (χ2v) is 7.29. The van der Waals surface area contributed by atoms with Gasteiger partial charge in [-0.25, -0.2) is 9.59 Å². The van der Waals surface area contributed by atoms with E-state index in [1.54, 1.807) is 31.2 Å². The van der Waals surface area contributed by atoms with Gasteiger partial charge in [-0.05, 0) is 57.0 Å². The van der Waals surface area contributed by atoms with Gasteiger partial charge in [0.25, 0.3) is 5.91 Å². The Bertz CT molecular complexity index is 1190. The Hall–Kier alpha value is -2.84. The molecule has 1 aliphatic rings. The van der Waals surface area contributed by atoms with Crippen molar-refractivity contribution in [3.8, 4) is 0 Å². The third-order valence-corrected chi connectivity index (χ3v) is 5.34. The number of anilines is 1. The average molecular weight is 434 g/mol. The largest absolute Gasteiger partial charge is 0.427 e. The Balaban J connectivity index is 0.00000256. The maximum absolute atomic E-state index is 12.7. The molecule has 0 aliphatic carbocycles. The standard InChI is InChI=1S/C21H23N3O5.ClH/c1-3-24-15-7-6-14(10-17(15)29-21(24)27)23-19(25)18-12(2)9-16(28-20(18)26)13-5-4-8-22-11-13;/h6-7,9-10,13,22H,3-5,8,11H2,1-2H3,(H,23,25);1H. The predicted molar refractivity (Wildman–Crippen MR) is 116 cm³/mol. The van der Waals surface area contributed by atoms with Crippen LogP contribution in [-0.4, -0.2) is 23.6 Å². The monoisotopic (exact) mass is 433 g/mol. The van der Waals surface area contributed by atoms with Crippen molar-refractivity contribution in [3.63, 3.8) is 0 Å². The molecule has 4 rings (SSSR count). The van der Waals surface area contributed by atoms with E-state index in [4.69, 9.17) is 8.83 Å². The third kappa shape index (κ3) is 4.06. The molecular formula is C21H24ClN3O5. The van der Waals surface area contributed by atoms with Gasteiger partial charge in [0.05, 0.1) is 5.52 Å². The molecular weight excluding hydrogens is 410 g/mol. The molecule has 2 aromatic heterocycles. The van der Waals surface area contributed by atoms with E-state index in [0.29, 0.717) is 34.7 Å². The summed E-state index contributed by atoms with van der Waals surface area (Å²) in [7, 11) is 0. The fourth-order valence-corrected chi connectivity index (χ4v) is 3.84. The summed E-state index contributed by atoms with van der Waals surface area (Å²) < 4.78 is 12.2. The summed E-state index contributed by atoms with van der Waals surface area (Å²) in [6.45, 7) is 5.79. The number of fused-ring (bicyclic) bond motifs is 1. The third-order valence-electron chi connectivity index (χ3n) is 5.34. The lowest BCUT2D eigenvalue weighted by molar-refractivity contribution is 0.102. The van der Waals surface area contributed by atoms with Crippen molar-refractivity contribution in [3.05, 3.63) is 62.1 Å². The van der Waals surface area contributed by atoms with Crippen molar-refractivity contribution in [2.45, 2.75) is 39.2 Å². The number of aryl methyl sites for hydroxylation is 2. The molecule has 3 heterocycles. The van der Waals surface area contributed by atoms with Crippen LogP contribution in [0.4, 0.5) is 5.69 Å². The average Bonchev–Trinajstić information content (AvgIpc) is 3.02. The number of amides is 1. The molecule has 30 heavy (non-hydrogen) atoms. The number of benzene rings is 1. The summed E-state index contributed by atoms with van der Waals surface area (Å²) in [6, 6.07) is 6.71. The summed E-state index contributed by atoms with van der Waals surface area (Å²) in [5.41, 5.74) is 1.36. The minimum Gasteiger partial charge on any atom is -0.427 e. The fourth-order valence-electron chi connectivity index (χ4n) is 3.84. The van der Waals surface area contributed by atoms with Gasteiger partial charge in [0, 0.05) is 30.8 Å². The summed E-state index contributed by atoms with van der Waals surface area (Å²) in [5.74, 6) is -0.253. The summed E-state index contributed by atoms with van der Waals surface area (Å²) in [5, 5.41) is 5.99. The molecule has 1 fully saturated rings. The van der Waals surface area contributed by atoms with Gasteiger partial charge < -0.3 is 19.5 Å². The Kier molecular flexibility index (Phi) is 6.48. The zero-order valence-electron chi connectivity index (χ0n) is 16.8. The zero-order valence-corrected chi connectivity index (χ0v) is 17.6. The molecule has 8 nitrogen and oxygen atoms in total. The number of halogens is 1. The normalized spacial score (nSPS) is 16.3. The summed E-state index contributed by atoms with van der Waals surface area (Å²) in [6.07, 6.45) is 1.97. The second kappa shape index (κ2) is 8.89. The first-order chi connectivity index (χ1) is 14.0. The number of nitrogens with zero attached hydrogens (tertiary/aromatic N) is 1. The quantitative estimate of drug-likeness (QED) is 0.655. The minimum absolute atomic E-state index is 0. The van der Waals surface area contributed by atoms with E-state index < -0.39 is 17.3 Å². The number of hydrogen-bond acceptors (Lipinski definition) is 6. The SMILES string of the molecule is CCn1c(=O)oc2cc(NC(=O)c3c(C)cc(C4CCCNC4)oc3=O)ccc21.Cl. The molecule has 0 saturated carbocycles. The highest BCUT2D eigenvalue weighted by Crippen LogP contribution is 2.24. The molecule has 1 aliphatic heterocycles. The highest BCUT2D eigenvalue weighted by Gasteiger charge is 2.22. The number of hydrogen-bond donors (Lipinski definition) is 2. The van der Waals surface area contributed by atoms with Gasteiger partial charge in [0.15, 0.2) is 5.58 Å². The van der Waals surface area contributed by atoms with Crippen molar-refractivity contribution in [1.29, 1.82) is 0 Å². The van der Waals surface area contributed by atoms with Crippen LogP contribution in [0.15, 0.2) is 42.7 Å². The lowest BCUT2D eigenvalue weighted by atomic mass is 9.95. The first kappa shape index (κ1) is 21.9. The van der Waals surface area contributed by atoms with Crippen molar-refractivity contribution in [1.82, 2.24) is 9.88 Å². The van der Waals surface area contributed by atoms with Crippen LogP contribution in [0.2, 0.25) is 0 Å². The van der Waals surface area contributed by atoms with E-state index in [1.807, 2.05) is 6.92 Å². The predicted octanol–water partition coefficient (Wildman–Crippen LogP) is 3.02. The smallest absolute Gasteiger partial charge is 0.419 e. The van der Waals surface area contributed by atoms with Gasteiger partial charge in [-0.3, -0.25) is 9.36 Å². The van der Waals surface area contributed by atoms with Crippen LogP contribution in [0.25, 0.3) is 11.1 Å². The maximum Gasteiger partial charge on any atom is 0.419 e. The van der Waals surface area contributed by atoms with Crippen LogP contribution in [-0.2, 0) is 6.54 Å². The van der Waals surface area contributed by atoms with Gasteiger partial charge in [-0.2, -0.15) is 0 Å². The van der Waals surface area contributed by atoms with Gasteiger partial charge in [0.2, 0.25) is 0 Å². The van der Waals surface area contributed by atoms with Gasteiger partial charge >= 0.3 is 11.4 Å². The molecule has 160 valence electrons. The van der Waals surface area contributed by atoms with Crippen LogP contribution in [0.1, 0.15) is 47.4 Å². The lowest BCUT2D eigenvalue weighted by Crippen LogP contribution is -2.30. The van der Waals surface area contributed by atoms with Crippen molar-refractivity contribution >= 4 is 35.1 Å². The highest BCUT2D eigenvalue weighted by atomic mass is 35.5. The number of piperidine rings is 1. The summed E-state index contributed by atoms with van der Waals surface area (Å²) >= 11 is 0. The van der Waals surface area contributed by atoms with Crippen LogP contribution < -0.4 is 22.0 Å². The Morgan fingerprint density at radius 3 is 2.73 bits per heavy atom. The number of carbonyl (C=O) groups is 1. The molecule has 0 bridgehead atoms. The fraction of sp³-hybridized carbons (Fsp3) is 0.381. The minimum atomic E-state index is -0.646. The van der Waals surface area contributed by atoms with Crippen LogP contribution in [0.3, 0.4) is 0 Å². The van der Waals surface area contributed by atoms with Crippen LogP contribution >= 0.6 is 12.4 Å². The number of oxazole rings is 1. The molecule has 2 N–H and O–H groups in total. The molecule has 1 saturated heterocycles. The summed E-state index contributed by atoms with van der Waals surface area (Å²) in [4.78, 5) is 37.1. The number of rotatable bonds is 4. The second-order valence-electron chi connectivity index (χ2n) is 7.29. The van der Waals surface area contributed by atoms with E-state index in [9.17, 15) is 14.4 Å². The molecule has 1 unspecified atom stereocenters. The number of aromatic nitrogens is 1. The molecule has 1 amide bonds. The van der Waals surface area contributed by atoms with E-state index in [2.05, 4.69) is 10.6 Å². The maximum atomic E-state index is 12.7. The zero-order chi connectivity index (χ0) is 20.5. The molecule has 9 heteroatoms. The molecule has 1 aromatic carbocycles. The topological polar surface area (TPSA) is 106 Å². The number of carbonyl (C=O) groups excluding carboxylic acids is 1. The lowest BCUT2D eigenvalue weighted by Gasteiger charge is -2.22. The molecule has 0 spiro atoms. The van der Waals surface area contributed by atoms with Gasteiger partial charge in [0.1, 0.15) is 11.3 Å². The first-order valence-electron chi connectivity index (χ1n) is 9.78. The highest BCUT2D eigenvalue weighted by molar-refractivity contribution is 6.05. The van der Waals surface area contributed by atoms with Gasteiger partial charge in [-0.1, -0.05) is 0 Å². The Morgan fingerprint density at radius 1 is 1.27 bits per heavy atom. The van der Waals surface area contributed by atoms with E-state index in [0.717, 1.165) is 25.9 Å². The van der Waals surface area contributed by atoms with Gasteiger partial charge in [-0.15, -0.1) is 12.4 Å². The number of nitrogens with one attached hydrogen (secondary N) is 2. The van der Waals surface area contributed by atoms with Crippen molar-refractivity contribution in [2.24, 2.45) is 0 Å². The van der Waals surface area contributed by atoms with Crippen LogP contribution in [0.5, 0.6) is 0 Å². The molecule has 3 aromatic rings. The van der Waals surface area contributed by atoms with Crippen molar-refractivity contribution in [2.75, 3.05) is 18.4 Å². The van der Waals surface area contributed by atoms with Crippen LogP contribution in [0, 0.1) is 6.92 Å². The Labute approximate surface area is 178 Å². The van der Waals surface area contributed by atoms with Crippen molar-refractivity contribution < 1.29 is 13.6 Å². The molecule has 1 atom stereocenters. The first-order valence-corrected chi connectivity index (χ1v) is 9.78.